The monoisotopic (exact) mass is 402 g/mol. The molecule has 1 N–H and O–H groups in total. The fourth-order valence-electron chi connectivity index (χ4n) is 2.86. The molecule has 0 atom stereocenters. The Labute approximate surface area is 162 Å². The topological polar surface area (TPSA) is 110 Å². The molecule has 0 fully saturated rings. The molecule has 0 bridgehead atoms. The summed E-state index contributed by atoms with van der Waals surface area (Å²) in [4.78, 5) is 41.2. The van der Waals surface area contributed by atoms with Gasteiger partial charge in [0.1, 0.15) is 0 Å². The first-order chi connectivity index (χ1) is 13.2. The molecule has 0 aromatic heterocycles. The van der Waals surface area contributed by atoms with Crippen LogP contribution in [0, 0.1) is 13.8 Å². The van der Waals surface area contributed by atoms with Gasteiger partial charge in [0.15, 0.2) is 0 Å². The number of amides is 2. The van der Waals surface area contributed by atoms with Crippen molar-refractivity contribution in [1.82, 2.24) is 9.79 Å². The smallest absolute Gasteiger partial charge is 0.330 e. The molecule has 1 aliphatic rings. The highest BCUT2D eigenvalue weighted by Crippen LogP contribution is 2.23. The molecular weight excluding hydrogens is 384 g/mol. The van der Waals surface area contributed by atoms with Crippen LogP contribution in [0.1, 0.15) is 38.3 Å². The molecule has 2 aromatic carbocycles. The minimum Gasteiger partial charge on any atom is -0.330 e. The van der Waals surface area contributed by atoms with Crippen LogP contribution >= 0.6 is 0 Å². The first-order valence-corrected chi connectivity index (χ1v) is 9.94. The third-order valence-corrected chi connectivity index (χ3v) is 5.81. The van der Waals surface area contributed by atoms with Gasteiger partial charge in [0.05, 0.1) is 22.4 Å². The molecule has 1 heterocycles. The molecule has 8 nitrogen and oxygen atoms in total. The summed E-state index contributed by atoms with van der Waals surface area (Å²) in [5, 5.41) is 0.394. The molecule has 0 aliphatic carbocycles. The molecule has 3 rings (SSSR count). The van der Waals surface area contributed by atoms with Gasteiger partial charge >= 0.3 is 5.97 Å². The Hall–Kier alpha value is -3.04. The molecule has 28 heavy (non-hydrogen) atoms. The van der Waals surface area contributed by atoms with Gasteiger partial charge < -0.3 is 4.84 Å². The summed E-state index contributed by atoms with van der Waals surface area (Å²) in [5.41, 5.74) is 1.81. The number of sulfonamides is 1. The summed E-state index contributed by atoms with van der Waals surface area (Å²) in [7, 11) is -3.80. The highest BCUT2D eigenvalue weighted by molar-refractivity contribution is 7.89. The van der Waals surface area contributed by atoms with Gasteiger partial charge in [-0.2, -0.15) is 0 Å². The summed E-state index contributed by atoms with van der Waals surface area (Å²) in [6.45, 7) is 3.29. The van der Waals surface area contributed by atoms with Crippen LogP contribution in [0.15, 0.2) is 47.4 Å². The van der Waals surface area contributed by atoms with E-state index in [1.807, 2.05) is 6.92 Å². The van der Waals surface area contributed by atoms with Gasteiger partial charge in [0.25, 0.3) is 11.8 Å². The van der Waals surface area contributed by atoms with Crippen LogP contribution in [0.4, 0.5) is 0 Å². The van der Waals surface area contributed by atoms with Crippen molar-refractivity contribution in [1.29, 1.82) is 0 Å². The first-order valence-electron chi connectivity index (χ1n) is 8.46. The Morgan fingerprint density at radius 3 is 2.21 bits per heavy atom. The Kier molecular flexibility index (Phi) is 5.30. The molecule has 146 valence electrons. The van der Waals surface area contributed by atoms with E-state index in [4.69, 9.17) is 4.84 Å². The van der Waals surface area contributed by atoms with E-state index < -0.39 is 27.8 Å². The summed E-state index contributed by atoms with van der Waals surface area (Å²) in [6, 6.07) is 11.0. The van der Waals surface area contributed by atoms with Crippen LogP contribution in [-0.4, -0.2) is 37.8 Å². The minimum atomic E-state index is -3.80. The number of hydroxylamine groups is 2. The van der Waals surface area contributed by atoms with Crippen LogP contribution in [0.25, 0.3) is 0 Å². The third-order valence-electron chi connectivity index (χ3n) is 4.19. The number of hydrogen-bond donors (Lipinski definition) is 1. The van der Waals surface area contributed by atoms with Crippen molar-refractivity contribution < 1.29 is 27.6 Å². The Balaban J connectivity index is 1.58. The second-order valence-corrected chi connectivity index (χ2v) is 8.07. The summed E-state index contributed by atoms with van der Waals surface area (Å²) in [6.07, 6.45) is -0.350. The average molecular weight is 402 g/mol. The zero-order valence-electron chi connectivity index (χ0n) is 15.3. The molecular formula is C19H18N2O6S. The van der Waals surface area contributed by atoms with Crippen molar-refractivity contribution in [2.24, 2.45) is 0 Å². The van der Waals surface area contributed by atoms with Crippen LogP contribution in [0.5, 0.6) is 0 Å². The number of benzene rings is 2. The van der Waals surface area contributed by atoms with Crippen molar-refractivity contribution >= 4 is 27.8 Å². The van der Waals surface area contributed by atoms with Crippen molar-refractivity contribution in [3.8, 4) is 0 Å². The number of aryl methyl sites for hydroxylation is 2. The summed E-state index contributed by atoms with van der Waals surface area (Å²) >= 11 is 0. The molecule has 2 aromatic rings. The van der Waals surface area contributed by atoms with Crippen molar-refractivity contribution in [2.75, 3.05) is 6.54 Å². The van der Waals surface area contributed by atoms with E-state index in [1.54, 1.807) is 31.2 Å². The number of fused-ring (bicyclic) bond motifs is 1. The second-order valence-electron chi connectivity index (χ2n) is 6.33. The number of carbonyl (C=O) groups excluding carboxylic acids is 3. The van der Waals surface area contributed by atoms with Gasteiger partial charge in [0, 0.05) is 6.54 Å². The molecule has 0 spiro atoms. The third kappa shape index (κ3) is 3.80. The maximum absolute atomic E-state index is 12.4. The maximum Gasteiger partial charge on any atom is 0.334 e. The number of rotatable bonds is 6. The second kappa shape index (κ2) is 7.53. The van der Waals surface area contributed by atoms with Crippen LogP contribution < -0.4 is 4.72 Å². The molecule has 0 saturated carbocycles. The van der Waals surface area contributed by atoms with E-state index >= 15 is 0 Å². The van der Waals surface area contributed by atoms with Gasteiger partial charge in [-0.1, -0.05) is 34.9 Å². The van der Waals surface area contributed by atoms with Crippen molar-refractivity contribution in [3.63, 3.8) is 0 Å². The van der Waals surface area contributed by atoms with Crippen LogP contribution in [-0.2, 0) is 19.7 Å². The molecule has 0 saturated heterocycles. The predicted octanol–water partition coefficient (Wildman–Crippen LogP) is 1.73. The molecule has 2 amide bonds. The van der Waals surface area contributed by atoms with Crippen molar-refractivity contribution in [2.45, 2.75) is 25.2 Å². The minimum absolute atomic E-state index is 0.117. The lowest BCUT2D eigenvalue weighted by atomic mass is 10.1. The summed E-state index contributed by atoms with van der Waals surface area (Å²) in [5.74, 6) is -2.37. The molecule has 0 unspecified atom stereocenters. The van der Waals surface area contributed by atoms with Gasteiger partial charge in [-0.25, -0.2) is 17.9 Å². The highest BCUT2D eigenvalue weighted by Gasteiger charge is 2.38. The number of nitrogens with zero attached hydrogens (tertiary/aromatic N) is 1. The Bertz CT molecular complexity index is 1040. The lowest BCUT2D eigenvalue weighted by Crippen LogP contribution is -2.34. The zero-order valence-corrected chi connectivity index (χ0v) is 16.1. The largest absolute Gasteiger partial charge is 0.334 e. The fraction of sp³-hybridized carbons (Fsp3) is 0.211. The average Bonchev–Trinajstić information content (AvgIpc) is 2.86. The number of hydrogen-bond acceptors (Lipinski definition) is 6. The number of nitrogens with one attached hydrogen (secondary N) is 1. The van der Waals surface area contributed by atoms with E-state index in [2.05, 4.69) is 4.72 Å². The van der Waals surface area contributed by atoms with E-state index in [0.29, 0.717) is 10.6 Å². The molecule has 1 aliphatic heterocycles. The van der Waals surface area contributed by atoms with E-state index in [-0.39, 0.29) is 29.0 Å². The number of imide groups is 1. The van der Waals surface area contributed by atoms with Crippen LogP contribution in [0.2, 0.25) is 0 Å². The zero-order chi connectivity index (χ0) is 20.5. The van der Waals surface area contributed by atoms with E-state index in [9.17, 15) is 22.8 Å². The van der Waals surface area contributed by atoms with Crippen molar-refractivity contribution in [3.05, 3.63) is 64.7 Å². The lowest BCUT2D eigenvalue weighted by Gasteiger charge is -2.13. The Morgan fingerprint density at radius 1 is 1.04 bits per heavy atom. The normalized spacial score (nSPS) is 13.6. The van der Waals surface area contributed by atoms with Gasteiger partial charge in [0.2, 0.25) is 10.0 Å². The van der Waals surface area contributed by atoms with Gasteiger partial charge in [-0.15, -0.1) is 0 Å². The quantitative estimate of drug-likeness (QED) is 0.737. The fourth-order valence-corrected chi connectivity index (χ4v) is 4.12. The predicted molar refractivity (Wildman–Crippen MR) is 98.8 cm³/mol. The van der Waals surface area contributed by atoms with Gasteiger partial charge in [-0.3, -0.25) is 9.59 Å². The van der Waals surface area contributed by atoms with Crippen LogP contribution in [0.3, 0.4) is 0 Å². The maximum atomic E-state index is 12.4. The molecule has 0 radical (unpaired) electrons. The SMILES string of the molecule is Cc1ccc(S(=O)(=O)NCCC(=O)ON2C(=O)c3ccccc3C2=O)c(C)c1. The highest BCUT2D eigenvalue weighted by atomic mass is 32.2. The first kappa shape index (κ1) is 19.7. The molecule has 9 heteroatoms. The van der Waals surface area contributed by atoms with Gasteiger partial charge in [-0.05, 0) is 37.6 Å². The summed E-state index contributed by atoms with van der Waals surface area (Å²) < 4.78 is 27.0. The van der Waals surface area contributed by atoms with E-state index in [1.165, 1.54) is 18.2 Å². The lowest BCUT2D eigenvalue weighted by molar-refractivity contribution is -0.168. The Morgan fingerprint density at radius 2 is 1.64 bits per heavy atom. The standard InChI is InChI=1S/C19H18N2O6S/c1-12-7-8-16(13(2)11-12)28(25,26)20-10-9-17(22)27-21-18(23)14-5-3-4-6-15(14)19(21)24/h3-8,11,20H,9-10H2,1-2H3. The number of carbonyl (C=O) groups is 3. The van der Waals surface area contributed by atoms with E-state index in [0.717, 1.165) is 5.56 Å².